The number of fused-ring (bicyclic) bond motifs is 1. The molecule has 1 aliphatic rings. The van der Waals surface area contributed by atoms with Crippen molar-refractivity contribution in [3.8, 4) is 11.3 Å². The standard InChI is InChI=1S/C30H31F4N5O/c1-4-25(40)39-16-21(9-8-17(39)2)29-37-26(27-28(35)36-12-13-38(27)29)23-11-10-20(15-24(23)31)18(3)19-6-5-7-22(14-19)30(32,33)34/h5-7,10-15,17-18,21H,4,8-9,16H2,1-3H3,(H2,35,36)/t17-,18-,21-/m1/s1. The molecule has 0 unspecified atom stereocenters. The van der Waals surface area contributed by atoms with Crippen LogP contribution >= 0.6 is 0 Å². The fourth-order valence-corrected chi connectivity index (χ4v) is 5.60. The van der Waals surface area contributed by atoms with E-state index in [9.17, 15) is 18.0 Å². The lowest BCUT2D eigenvalue weighted by Crippen LogP contribution is -2.44. The number of aromatic nitrogens is 3. The molecule has 0 radical (unpaired) electrons. The van der Waals surface area contributed by atoms with E-state index in [1.807, 2.05) is 23.1 Å². The number of carbonyl (C=O) groups excluding carboxylic acids is 1. The molecule has 1 aliphatic heterocycles. The maximum absolute atomic E-state index is 15.7. The van der Waals surface area contributed by atoms with Gasteiger partial charge in [0.2, 0.25) is 5.91 Å². The topological polar surface area (TPSA) is 76.5 Å². The molecule has 10 heteroatoms. The minimum absolute atomic E-state index is 0.0713. The Hall–Kier alpha value is -3.95. The number of halogens is 4. The summed E-state index contributed by atoms with van der Waals surface area (Å²) in [6, 6.07) is 9.82. The second-order valence-corrected chi connectivity index (χ2v) is 10.5. The number of amides is 1. The van der Waals surface area contributed by atoms with E-state index in [1.54, 1.807) is 37.5 Å². The largest absolute Gasteiger partial charge is 0.416 e. The maximum atomic E-state index is 15.7. The molecular weight excluding hydrogens is 522 g/mol. The summed E-state index contributed by atoms with van der Waals surface area (Å²) in [6.45, 7) is 6.13. The van der Waals surface area contributed by atoms with Crippen LogP contribution < -0.4 is 5.73 Å². The number of piperidine rings is 1. The zero-order valence-electron chi connectivity index (χ0n) is 22.5. The van der Waals surface area contributed by atoms with E-state index in [4.69, 9.17) is 10.7 Å². The van der Waals surface area contributed by atoms with Crippen molar-refractivity contribution >= 4 is 17.2 Å². The van der Waals surface area contributed by atoms with Crippen molar-refractivity contribution in [2.24, 2.45) is 0 Å². The Bertz CT molecular complexity index is 1560. The summed E-state index contributed by atoms with van der Waals surface area (Å²) >= 11 is 0. The number of rotatable bonds is 5. The van der Waals surface area contributed by atoms with E-state index < -0.39 is 23.5 Å². The van der Waals surface area contributed by atoms with Crippen LogP contribution in [0.1, 0.15) is 74.4 Å². The van der Waals surface area contributed by atoms with Gasteiger partial charge in [0.1, 0.15) is 28.7 Å². The van der Waals surface area contributed by atoms with Gasteiger partial charge >= 0.3 is 6.18 Å². The molecule has 4 aromatic rings. The zero-order valence-corrected chi connectivity index (χ0v) is 22.5. The molecule has 3 heterocycles. The number of alkyl halides is 3. The Balaban J connectivity index is 1.53. The van der Waals surface area contributed by atoms with E-state index in [-0.39, 0.29) is 29.2 Å². The Morgan fingerprint density at radius 3 is 2.60 bits per heavy atom. The van der Waals surface area contributed by atoms with E-state index in [2.05, 4.69) is 4.98 Å². The van der Waals surface area contributed by atoms with Crippen molar-refractivity contribution in [2.45, 2.75) is 64.1 Å². The highest BCUT2D eigenvalue weighted by molar-refractivity contribution is 5.85. The first-order valence-electron chi connectivity index (χ1n) is 13.4. The second-order valence-electron chi connectivity index (χ2n) is 10.5. The van der Waals surface area contributed by atoms with E-state index in [0.717, 1.165) is 25.0 Å². The number of carbonyl (C=O) groups is 1. The van der Waals surface area contributed by atoms with Crippen molar-refractivity contribution in [3.05, 3.63) is 83.2 Å². The first-order valence-corrected chi connectivity index (χ1v) is 13.4. The van der Waals surface area contributed by atoms with Crippen molar-refractivity contribution in [3.63, 3.8) is 0 Å². The molecule has 3 atom stereocenters. The van der Waals surface area contributed by atoms with Gasteiger partial charge in [-0.15, -0.1) is 0 Å². The lowest BCUT2D eigenvalue weighted by atomic mass is 9.91. The van der Waals surface area contributed by atoms with Crippen LogP contribution in [-0.4, -0.2) is 37.8 Å². The third-order valence-electron chi connectivity index (χ3n) is 7.94. The molecule has 5 rings (SSSR count). The highest BCUT2D eigenvalue weighted by Gasteiger charge is 2.33. The summed E-state index contributed by atoms with van der Waals surface area (Å²) in [4.78, 5) is 23.5. The summed E-state index contributed by atoms with van der Waals surface area (Å²) in [5.41, 5.74) is 7.51. The second kappa shape index (κ2) is 10.6. The normalized spacial score (nSPS) is 18.7. The van der Waals surface area contributed by atoms with Gasteiger partial charge in [-0.05, 0) is 49.1 Å². The van der Waals surface area contributed by atoms with Crippen LogP contribution in [0.5, 0.6) is 0 Å². The number of likely N-dealkylation sites (tertiary alicyclic amines) is 1. The highest BCUT2D eigenvalue weighted by Crippen LogP contribution is 2.38. The quantitative estimate of drug-likeness (QED) is 0.276. The van der Waals surface area contributed by atoms with Gasteiger partial charge in [-0.1, -0.05) is 38.1 Å². The van der Waals surface area contributed by atoms with E-state index in [1.165, 1.54) is 12.1 Å². The number of nitrogen functional groups attached to an aromatic ring is 1. The summed E-state index contributed by atoms with van der Waals surface area (Å²) in [6.07, 6.45) is 0.883. The number of benzene rings is 2. The zero-order chi connectivity index (χ0) is 28.8. The van der Waals surface area contributed by atoms with E-state index in [0.29, 0.717) is 41.1 Å². The van der Waals surface area contributed by atoms with Crippen LogP contribution in [-0.2, 0) is 11.0 Å². The van der Waals surface area contributed by atoms with Crippen LogP contribution in [0.2, 0.25) is 0 Å². The number of nitrogens with two attached hydrogens (primary N) is 1. The SMILES string of the molecule is CCC(=O)N1C[C@H](c2nc(-c3ccc([C@H](C)c4cccc(C(F)(F)F)c4)cc3F)c3c(N)nccn23)CC[C@H]1C. The third kappa shape index (κ3) is 5.02. The first-order chi connectivity index (χ1) is 19.0. The molecule has 2 aromatic heterocycles. The summed E-state index contributed by atoms with van der Waals surface area (Å²) < 4.78 is 57.2. The molecule has 2 N–H and O–H groups in total. The van der Waals surface area contributed by atoms with Gasteiger partial charge in [0.25, 0.3) is 0 Å². The van der Waals surface area contributed by atoms with Crippen molar-refractivity contribution in [2.75, 3.05) is 12.3 Å². The van der Waals surface area contributed by atoms with Crippen molar-refractivity contribution in [1.29, 1.82) is 0 Å². The van der Waals surface area contributed by atoms with E-state index >= 15 is 4.39 Å². The Morgan fingerprint density at radius 2 is 1.90 bits per heavy atom. The monoisotopic (exact) mass is 553 g/mol. The minimum Gasteiger partial charge on any atom is -0.382 e. The molecular formula is C30H31F4N5O. The Morgan fingerprint density at radius 1 is 1.15 bits per heavy atom. The lowest BCUT2D eigenvalue weighted by molar-refractivity contribution is -0.137. The predicted octanol–water partition coefficient (Wildman–Crippen LogP) is 6.79. The summed E-state index contributed by atoms with van der Waals surface area (Å²) in [5.74, 6) is -0.151. The molecule has 1 saturated heterocycles. The first kappa shape index (κ1) is 27.6. The number of hydrogen-bond donors (Lipinski definition) is 1. The number of hydrogen-bond acceptors (Lipinski definition) is 4. The summed E-state index contributed by atoms with van der Waals surface area (Å²) in [5, 5.41) is 0. The van der Waals surface area contributed by atoms with Crippen LogP contribution in [0.15, 0.2) is 54.9 Å². The van der Waals surface area contributed by atoms with Gasteiger partial charge in [-0.3, -0.25) is 9.20 Å². The Kier molecular flexibility index (Phi) is 7.29. The fourth-order valence-electron chi connectivity index (χ4n) is 5.60. The molecule has 40 heavy (non-hydrogen) atoms. The van der Waals surface area contributed by atoms with Crippen LogP contribution in [0.25, 0.3) is 16.8 Å². The smallest absolute Gasteiger partial charge is 0.382 e. The maximum Gasteiger partial charge on any atom is 0.416 e. The van der Waals surface area contributed by atoms with Crippen LogP contribution in [0.4, 0.5) is 23.4 Å². The van der Waals surface area contributed by atoms with Gasteiger partial charge < -0.3 is 10.6 Å². The molecule has 0 bridgehead atoms. The number of imidazole rings is 1. The molecule has 0 aliphatic carbocycles. The van der Waals surface area contributed by atoms with Gasteiger partial charge in [-0.25, -0.2) is 14.4 Å². The van der Waals surface area contributed by atoms with Gasteiger partial charge in [0.05, 0.1) is 5.56 Å². The molecule has 6 nitrogen and oxygen atoms in total. The molecule has 0 spiro atoms. The summed E-state index contributed by atoms with van der Waals surface area (Å²) in [7, 11) is 0. The average Bonchev–Trinajstić information content (AvgIpc) is 3.32. The molecule has 210 valence electrons. The predicted molar refractivity (Wildman–Crippen MR) is 145 cm³/mol. The van der Waals surface area contributed by atoms with Gasteiger partial charge in [-0.2, -0.15) is 13.2 Å². The molecule has 2 aromatic carbocycles. The average molecular weight is 554 g/mol. The highest BCUT2D eigenvalue weighted by atomic mass is 19.4. The molecule has 1 amide bonds. The van der Waals surface area contributed by atoms with Crippen molar-refractivity contribution in [1.82, 2.24) is 19.3 Å². The third-order valence-corrected chi connectivity index (χ3v) is 7.94. The van der Waals surface area contributed by atoms with Crippen LogP contribution in [0, 0.1) is 5.82 Å². The van der Waals surface area contributed by atoms with Crippen molar-refractivity contribution < 1.29 is 22.4 Å². The number of nitrogens with zero attached hydrogens (tertiary/aromatic N) is 4. The fraction of sp³-hybridized carbons (Fsp3) is 0.367. The lowest BCUT2D eigenvalue weighted by Gasteiger charge is -2.37. The molecule has 1 fully saturated rings. The van der Waals surface area contributed by atoms with Gasteiger partial charge in [0, 0.05) is 48.8 Å². The van der Waals surface area contributed by atoms with Gasteiger partial charge in [0.15, 0.2) is 0 Å². The number of anilines is 1. The Labute approximate surface area is 229 Å². The van der Waals surface area contributed by atoms with Crippen LogP contribution in [0.3, 0.4) is 0 Å². The minimum atomic E-state index is -4.46. The molecule has 0 saturated carbocycles.